The first-order chi connectivity index (χ1) is 18.6. The molecule has 0 aliphatic carbocycles. The molecule has 0 spiro atoms. The summed E-state index contributed by atoms with van der Waals surface area (Å²) in [6, 6.07) is 12.8. The van der Waals surface area contributed by atoms with E-state index in [4.69, 9.17) is 0 Å². The first-order valence-electron chi connectivity index (χ1n) is 12.8. The van der Waals surface area contributed by atoms with E-state index in [1.807, 2.05) is 26.8 Å². The summed E-state index contributed by atoms with van der Waals surface area (Å²) in [5.74, 6) is -1.46. The number of aromatic nitrogens is 3. The Morgan fingerprint density at radius 3 is 2.26 bits per heavy atom. The second-order valence-electron chi connectivity index (χ2n) is 10.1. The lowest BCUT2D eigenvalue weighted by Gasteiger charge is -2.40. The molecule has 1 unspecified atom stereocenters. The summed E-state index contributed by atoms with van der Waals surface area (Å²) in [5, 5.41) is 15.2. The van der Waals surface area contributed by atoms with Crippen LogP contribution in [0.1, 0.15) is 54.4 Å². The van der Waals surface area contributed by atoms with Crippen molar-refractivity contribution >= 4 is 17.5 Å². The van der Waals surface area contributed by atoms with Gasteiger partial charge in [-0.3, -0.25) is 9.59 Å². The van der Waals surface area contributed by atoms with Crippen LogP contribution in [0.5, 0.6) is 0 Å². The molecular formula is C29H29F2N5O3. The minimum atomic E-state index is -1.41. The zero-order valence-electron chi connectivity index (χ0n) is 21.9. The first-order valence-corrected chi connectivity index (χ1v) is 12.8. The molecule has 39 heavy (non-hydrogen) atoms. The minimum Gasteiger partial charge on any atom is -0.378 e. The highest BCUT2D eigenvalue weighted by molar-refractivity contribution is 5.93. The molecule has 2 aromatic heterocycles. The van der Waals surface area contributed by atoms with Crippen LogP contribution in [-0.2, 0) is 4.79 Å². The highest BCUT2D eigenvalue weighted by Gasteiger charge is 2.34. The van der Waals surface area contributed by atoms with Gasteiger partial charge in [-0.2, -0.15) is 5.10 Å². The molecule has 8 nitrogen and oxygen atoms in total. The normalized spacial score (nSPS) is 16.6. The lowest BCUT2D eigenvalue weighted by Crippen LogP contribution is -2.56. The Bertz CT molecular complexity index is 1520. The number of hydrogen-bond acceptors (Lipinski definition) is 5. The predicted octanol–water partition coefficient (Wildman–Crippen LogP) is 4.20. The number of rotatable bonds is 5. The van der Waals surface area contributed by atoms with Crippen molar-refractivity contribution in [2.45, 2.75) is 38.8 Å². The number of aliphatic hydroxyl groups is 1. The first kappa shape index (κ1) is 26.4. The van der Waals surface area contributed by atoms with Gasteiger partial charge < -0.3 is 14.9 Å². The fourth-order valence-electron chi connectivity index (χ4n) is 4.87. The molecule has 2 atom stereocenters. The van der Waals surface area contributed by atoms with Crippen LogP contribution in [0.4, 0.5) is 8.78 Å². The van der Waals surface area contributed by atoms with Gasteiger partial charge in [-0.1, -0.05) is 26.0 Å². The summed E-state index contributed by atoms with van der Waals surface area (Å²) in [6.07, 6.45) is 0.182. The number of nitrogens with zero attached hydrogens (tertiary/aromatic N) is 5. The van der Waals surface area contributed by atoms with Gasteiger partial charge in [0.25, 0.3) is 11.8 Å². The average Bonchev–Trinajstić information content (AvgIpc) is 3.36. The molecule has 1 aliphatic heterocycles. The summed E-state index contributed by atoms with van der Waals surface area (Å²) in [6.45, 7) is 6.63. The van der Waals surface area contributed by atoms with E-state index in [9.17, 15) is 23.5 Å². The summed E-state index contributed by atoms with van der Waals surface area (Å²) in [4.78, 5) is 34.2. The van der Waals surface area contributed by atoms with E-state index in [1.54, 1.807) is 27.7 Å². The molecule has 3 heterocycles. The number of halogens is 2. The van der Waals surface area contributed by atoms with Crippen molar-refractivity contribution in [3.05, 3.63) is 89.2 Å². The molecule has 1 aliphatic rings. The maximum Gasteiger partial charge on any atom is 0.274 e. The molecule has 1 N–H and O–H groups in total. The second kappa shape index (κ2) is 10.5. The zero-order valence-corrected chi connectivity index (χ0v) is 21.9. The van der Waals surface area contributed by atoms with Gasteiger partial charge in [0.15, 0.2) is 11.8 Å². The number of carbonyl (C=O) groups is 2. The van der Waals surface area contributed by atoms with Crippen molar-refractivity contribution in [2.75, 3.05) is 19.6 Å². The smallest absolute Gasteiger partial charge is 0.274 e. The van der Waals surface area contributed by atoms with Crippen LogP contribution in [0, 0.1) is 11.6 Å². The second-order valence-corrected chi connectivity index (χ2v) is 10.1. The van der Waals surface area contributed by atoms with Gasteiger partial charge in [0.05, 0.1) is 11.9 Å². The number of benzene rings is 2. The van der Waals surface area contributed by atoms with Crippen molar-refractivity contribution in [1.29, 1.82) is 0 Å². The highest BCUT2D eigenvalue weighted by Crippen LogP contribution is 2.27. The minimum absolute atomic E-state index is 0.0992. The van der Waals surface area contributed by atoms with Gasteiger partial charge in [-0.25, -0.2) is 18.3 Å². The van der Waals surface area contributed by atoms with Gasteiger partial charge in [0.1, 0.15) is 17.3 Å². The van der Waals surface area contributed by atoms with Crippen molar-refractivity contribution in [3.63, 3.8) is 0 Å². The highest BCUT2D eigenvalue weighted by atomic mass is 19.1. The van der Waals surface area contributed by atoms with E-state index < -0.39 is 17.8 Å². The van der Waals surface area contributed by atoms with Crippen LogP contribution in [-0.4, -0.2) is 67.0 Å². The maximum absolute atomic E-state index is 13.4. The lowest BCUT2D eigenvalue weighted by atomic mass is 10.0. The molecular weight excluding hydrogens is 504 g/mol. The molecule has 1 fully saturated rings. The van der Waals surface area contributed by atoms with E-state index in [0.717, 1.165) is 11.1 Å². The van der Waals surface area contributed by atoms with E-state index in [-0.39, 0.29) is 49.0 Å². The summed E-state index contributed by atoms with van der Waals surface area (Å²) >= 11 is 0. The van der Waals surface area contributed by atoms with Gasteiger partial charge in [-0.05, 0) is 60.9 Å². The van der Waals surface area contributed by atoms with Gasteiger partial charge in [0, 0.05) is 36.8 Å². The molecule has 2 aromatic carbocycles. The zero-order chi connectivity index (χ0) is 27.8. The largest absolute Gasteiger partial charge is 0.378 e. The molecule has 0 radical (unpaired) electrons. The monoisotopic (exact) mass is 533 g/mol. The van der Waals surface area contributed by atoms with E-state index in [1.165, 1.54) is 41.3 Å². The Morgan fingerprint density at radius 1 is 1.00 bits per heavy atom. The SMILES string of the molecule is CC(C)c1cc(-c2ccc(F)cc2)nn2cc(C(=O)N3CCN(C(=O)C(O)c4ccc(F)cc4)[C@@H](C)C3)nc12. The number of imidazole rings is 1. The molecule has 4 aromatic rings. The Hall–Kier alpha value is -4.18. The molecule has 5 rings (SSSR count). The summed E-state index contributed by atoms with van der Waals surface area (Å²) in [5.41, 5.74) is 3.41. The number of aliphatic hydroxyl groups excluding tert-OH is 1. The lowest BCUT2D eigenvalue weighted by molar-refractivity contribution is -0.144. The maximum atomic E-state index is 13.4. The Morgan fingerprint density at radius 2 is 1.64 bits per heavy atom. The number of carbonyl (C=O) groups excluding carboxylic acids is 2. The van der Waals surface area contributed by atoms with Crippen molar-refractivity contribution in [2.24, 2.45) is 0 Å². The van der Waals surface area contributed by atoms with Gasteiger partial charge in [-0.15, -0.1) is 0 Å². The van der Waals surface area contributed by atoms with Crippen LogP contribution < -0.4 is 0 Å². The van der Waals surface area contributed by atoms with Crippen molar-refractivity contribution in [3.8, 4) is 11.3 Å². The van der Waals surface area contributed by atoms with E-state index >= 15 is 0 Å². The molecule has 0 saturated carbocycles. The van der Waals surface area contributed by atoms with Crippen molar-refractivity contribution < 1.29 is 23.5 Å². The number of piperazine rings is 1. The van der Waals surface area contributed by atoms with E-state index in [0.29, 0.717) is 16.9 Å². The van der Waals surface area contributed by atoms with Crippen LogP contribution >= 0.6 is 0 Å². The molecule has 1 saturated heterocycles. The van der Waals surface area contributed by atoms with Crippen LogP contribution in [0.25, 0.3) is 16.9 Å². The van der Waals surface area contributed by atoms with Crippen LogP contribution in [0.2, 0.25) is 0 Å². The number of fused-ring (bicyclic) bond motifs is 1. The molecule has 202 valence electrons. The van der Waals surface area contributed by atoms with Crippen molar-refractivity contribution in [1.82, 2.24) is 24.4 Å². The summed E-state index contributed by atoms with van der Waals surface area (Å²) in [7, 11) is 0. The number of hydrogen-bond donors (Lipinski definition) is 1. The quantitative estimate of drug-likeness (QED) is 0.415. The van der Waals surface area contributed by atoms with Crippen LogP contribution in [0.3, 0.4) is 0 Å². The molecule has 10 heteroatoms. The number of amides is 2. The predicted molar refractivity (Wildman–Crippen MR) is 141 cm³/mol. The molecule has 0 bridgehead atoms. The Labute approximate surface area is 224 Å². The summed E-state index contributed by atoms with van der Waals surface area (Å²) < 4.78 is 28.3. The topological polar surface area (TPSA) is 91.0 Å². The third kappa shape index (κ3) is 5.24. The average molecular weight is 534 g/mol. The molecule has 2 amide bonds. The Balaban J connectivity index is 1.35. The Kier molecular flexibility index (Phi) is 7.14. The van der Waals surface area contributed by atoms with Crippen LogP contribution in [0.15, 0.2) is 60.8 Å². The third-order valence-electron chi connectivity index (χ3n) is 7.05. The van der Waals surface area contributed by atoms with E-state index in [2.05, 4.69) is 10.1 Å². The standard InChI is InChI=1S/C29H29F2N5O3/c1-17(2)23-14-24(19-4-8-21(30)9-5-19)33-36-16-25(32-27(23)36)28(38)34-12-13-35(18(3)15-34)29(39)26(37)20-6-10-22(31)11-7-20/h4-11,14,16-18,26,37H,12-13,15H2,1-3H3/t18-,26?/m0/s1. The third-order valence-corrected chi connectivity index (χ3v) is 7.05. The van der Waals surface area contributed by atoms with Gasteiger partial charge >= 0.3 is 0 Å². The van der Waals surface area contributed by atoms with Gasteiger partial charge in [0.2, 0.25) is 0 Å². The fourth-order valence-corrected chi connectivity index (χ4v) is 4.87. The fraction of sp³-hybridized carbons (Fsp3) is 0.310.